The van der Waals surface area contributed by atoms with E-state index in [1.165, 1.54) is 17.4 Å². The Morgan fingerprint density at radius 3 is 2.78 bits per heavy atom. The zero-order valence-electron chi connectivity index (χ0n) is 9.98. The first kappa shape index (κ1) is 12.7. The summed E-state index contributed by atoms with van der Waals surface area (Å²) in [7, 11) is 0. The number of hydrogen-bond acceptors (Lipinski definition) is 3. The molecule has 0 amide bonds. The molecule has 4 heteroatoms. The Balaban J connectivity index is 1.98. The molecule has 1 unspecified atom stereocenters. The van der Waals surface area contributed by atoms with Crippen LogP contribution in [0, 0.1) is 17.1 Å². The molecule has 2 nitrogen and oxygen atoms in total. The third kappa shape index (κ3) is 2.95. The molecule has 1 atom stereocenters. The monoisotopic (exact) mass is 260 g/mol. The molecule has 18 heavy (non-hydrogen) atoms. The molecule has 1 aromatic heterocycles. The van der Waals surface area contributed by atoms with Crippen molar-refractivity contribution in [3.05, 3.63) is 57.5 Å². The number of nitriles is 1. The van der Waals surface area contributed by atoms with E-state index in [1.807, 2.05) is 19.1 Å². The van der Waals surface area contributed by atoms with Crippen molar-refractivity contribution in [3.8, 4) is 6.07 Å². The number of hydrogen-bond donors (Lipinski definition) is 1. The minimum absolute atomic E-state index is 0.0566. The summed E-state index contributed by atoms with van der Waals surface area (Å²) in [6.45, 7) is 2.57. The van der Waals surface area contributed by atoms with Gasteiger partial charge in [-0.3, -0.25) is 0 Å². The molecule has 0 bridgehead atoms. The lowest BCUT2D eigenvalue weighted by Crippen LogP contribution is -2.18. The van der Waals surface area contributed by atoms with Crippen LogP contribution < -0.4 is 5.32 Å². The van der Waals surface area contributed by atoms with Gasteiger partial charge in [0.05, 0.1) is 0 Å². The zero-order valence-corrected chi connectivity index (χ0v) is 10.8. The van der Waals surface area contributed by atoms with Gasteiger partial charge in [0.15, 0.2) is 0 Å². The van der Waals surface area contributed by atoms with Crippen LogP contribution in [0.5, 0.6) is 0 Å². The van der Waals surface area contributed by atoms with Crippen LogP contribution in [-0.2, 0) is 6.54 Å². The molecule has 0 saturated heterocycles. The summed E-state index contributed by atoms with van der Waals surface area (Å²) in [4.78, 5) is 1.78. The van der Waals surface area contributed by atoms with Crippen LogP contribution in [0.25, 0.3) is 0 Å². The Kier molecular flexibility index (Phi) is 4.08. The summed E-state index contributed by atoms with van der Waals surface area (Å²) in [5.74, 6) is -0.193. The average molecular weight is 260 g/mol. The number of nitrogens with zero attached hydrogens (tertiary/aromatic N) is 1. The Labute approximate surface area is 110 Å². The Bertz CT molecular complexity index is 571. The molecule has 1 aromatic carbocycles. The van der Waals surface area contributed by atoms with E-state index >= 15 is 0 Å². The first-order valence-corrected chi connectivity index (χ1v) is 6.49. The van der Waals surface area contributed by atoms with Gasteiger partial charge in [0.1, 0.15) is 16.8 Å². The van der Waals surface area contributed by atoms with Crippen LogP contribution in [0.2, 0.25) is 0 Å². The molecule has 1 N–H and O–H groups in total. The van der Waals surface area contributed by atoms with Gasteiger partial charge in [0, 0.05) is 23.0 Å². The highest BCUT2D eigenvalue weighted by Gasteiger charge is 2.09. The smallest absolute Gasteiger partial charge is 0.127 e. The average Bonchev–Trinajstić information content (AvgIpc) is 2.84. The molecule has 1 heterocycles. The zero-order chi connectivity index (χ0) is 13.0. The summed E-state index contributed by atoms with van der Waals surface area (Å²) in [5.41, 5.74) is 0.662. The Morgan fingerprint density at radius 2 is 2.11 bits per heavy atom. The van der Waals surface area contributed by atoms with Gasteiger partial charge in [-0.1, -0.05) is 18.2 Å². The maximum absolute atomic E-state index is 13.5. The summed E-state index contributed by atoms with van der Waals surface area (Å²) in [6.07, 6.45) is 0. The molecular formula is C14H13FN2S. The predicted octanol–water partition coefficient (Wildman–Crippen LogP) is 3.61. The van der Waals surface area contributed by atoms with Crippen LogP contribution in [0.15, 0.2) is 36.4 Å². The molecule has 2 aromatic rings. The van der Waals surface area contributed by atoms with E-state index in [4.69, 9.17) is 5.26 Å². The fourth-order valence-corrected chi connectivity index (χ4v) is 2.48. The number of benzene rings is 1. The largest absolute Gasteiger partial charge is 0.305 e. The van der Waals surface area contributed by atoms with Gasteiger partial charge in [-0.15, -0.1) is 11.3 Å². The maximum atomic E-state index is 13.5. The number of rotatable bonds is 4. The fraction of sp³-hybridized carbons (Fsp3) is 0.214. The van der Waals surface area contributed by atoms with E-state index in [9.17, 15) is 4.39 Å². The summed E-state index contributed by atoms with van der Waals surface area (Å²) in [6, 6.07) is 12.5. The second-order valence-electron chi connectivity index (χ2n) is 4.00. The maximum Gasteiger partial charge on any atom is 0.127 e. The molecule has 92 valence electrons. The third-order valence-electron chi connectivity index (χ3n) is 2.73. The molecular weight excluding hydrogens is 247 g/mol. The van der Waals surface area contributed by atoms with E-state index in [0.717, 1.165) is 4.88 Å². The Hall–Kier alpha value is -1.70. The quantitative estimate of drug-likeness (QED) is 0.911. The Morgan fingerprint density at radius 1 is 1.33 bits per heavy atom. The minimum atomic E-state index is -0.193. The topological polar surface area (TPSA) is 35.8 Å². The van der Waals surface area contributed by atoms with E-state index in [2.05, 4.69) is 11.4 Å². The number of thiophene rings is 1. The molecule has 2 rings (SSSR count). The lowest BCUT2D eigenvalue weighted by atomic mass is 10.1. The highest BCUT2D eigenvalue weighted by atomic mass is 32.1. The van der Waals surface area contributed by atoms with Crippen LogP contribution in [0.1, 0.15) is 28.3 Å². The third-order valence-corrected chi connectivity index (χ3v) is 3.72. The SMILES string of the molecule is CC(NCc1ccc(C#N)s1)c1ccccc1F. The van der Waals surface area contributed by atoms with Crippen molar-refractivity contribution >= 4 is 11.3 Å². The highest BCUT2D eigenvalue weighted by Crippen LogP contribution is 2.19. The normalized spacial score (nSPS) is 12.1. The van der Waals surface area contributed by atoms with Crippen molar-refractivity contribution in [2.75, 3.05) is 0 Å². The van der Waals surface area contributed by atoms with Gasteiger partial charge < -0.3 is 5.32 Å². The molecule has 0 saturated carbocycles. The molecule has 0 aliphatic carbocycles. The lowest BCUT2D eigenvalue weighted by Gasteiger charge is -2.14. The second-order valence-corrected chi connectivity index (χ2v) is 5.17. The van der Waals surface area contributed by atoms with Crippen molar-refractivity contribution in [1.29, 1.82) is 5.26 Å². The van der Waals surface area contributed by atoms with Crippen molar-refractivity contribution in [2.45, 2.75) is 19.5 Å². The van der Waals surface area contributed by atoms with Crippen LogP contribution in [-0.4, -0.2) is 0 Å². The summed E-state index contributed by atoms with van der Waals surface area (Å²) in [5, 5.41) is 12.0. The molecule has 0 fully saturated rings. The van der Waals surface area contributed by atoms with Crippen LogP contribution in [0.4, 0.5) is 4.39 Å². The number of nitrogens with one attached hydrogen (secondary N) is 1. The highest BCUT2D eigenvalue weighted by molar-refractivity contribution is 7.12. The van der Waals surface area contributed by atoms with Crippen LogP contribution in [0.3, 0.4) is 0 Å². The summed E-state index contributed by atoms with van der Waals surface area (Å²) < 4.78 is 13.5. The van der Waals surface area contributed by atoms with Gasteiger partial charge in [-0.25, -0.2) is 4.39 Å². The minimum Gasteiger partial charge on any atom is -0.305 e. The van der Waals surface area contributed by atoms with Crippen molar-refractivity contribution in [1.82, 2.24) is 5.32 Å². The summed E-state index contributed by atoms with van der Waals surface area (Å²) >= 11 is 1.46. The van der Waals surface area contributed by atoms with Gasteiger partial charge in [-0.05, 0) is 25.1 Å². The fourth-order valence-electron chi connectivity index (χ4n) is 1.72. The predicted molar refractivity (Wildman–Crippen MR) is 70.7 cm³/mol. The van der Waals surface area contributed by atoms with E-state index in [1.54, 1.807) is 18.2 Å². The first-order valence-electron chi connectivity index (χ1n) is 5.67. The van der Waals surface area contributed by atoms with Crippen LogP contribution >= 0.6 is 11.3 Å². The molecule has 0 aliphatic rings. The van der Waals surface area contributed by atoms with E-state index in [0.29, 0.717) is 17.0 Å². The van der Waals surface area contributed by atoms with Gasteiger partial charge in [0.2, 0.25) is 0 Å². The van der Waals surface area contributed by atoms with Crippen molar-refractivity contribution in [2.24, 2.45) is 0 Å². The number of halogens is 1. The van der Waals surface area contributed by atoms with E-state index < -0.39 is 0 Å². The first-order chi connectivity index (χ1) is 8.70. The van der Waals surface area contributed by atoms with Gasteiger partial charge in [-0.2, -0.15) is 5.26 Å². The standard InChI is InChI=1S/C14H13FN2S/c1-10(13-4-2-3-5-14(13)15)17-9-12-7-6-11(8-16)18-12/h2-7,10,17H,9H2,1H3. The second kappa shape index (κ2) is 5.76. The van der Waals surface area contributed by atoms with Crippen molar-refractivity contribution < 1.29 is 4.39 Å². The van der Waals surface area contributed by atoms with Gasteiger partial charge in [0.25, 0.3) is 0 Å². The molecule has 0 aliphatic heterocycles. The van der Waals surface area contributed by atoms with Crippen molar-refractivity contribution in [3.63, 3.8) is 0 Å². The molecule has 0 radical (unpaired) electrons. The lowest BCUT2D eigenvalue weighted by molar-refractivity contribution is 0.530. The molecule has 0 spiro atoms. The van der Waals surface area contributed by atoms with E-state index in [-0.39, 0.29) is 11.9 Å². The van der Waals surface area contributed by atoms with Gasteiger partial charge >= 0.3 is 0 Å².